The number of aromatic nitrogens is 1. The standard InChI is InChI=1S/C17H26N4O2/c1-13-5-6-15(23-2)16(18-13)19-17(22)21-10-7-14(12-21)11-20-8-3-4-9-20/h5-6,14H,3-4,7-12H2,1-2H3,(H,18,19,22). The predicted molar refractivity (Wildman–Crippen MR) is 89.9 cm³/mol. The fraction of sp³-hybridized carbons (Fsp3) is 0.647. The Morgan fingerprint density at radius 2 is 2.13 bits per heavy atom. The van der Waals surface area contributed by atoms with Crippen LogP contribution in [0.1, 0.15) is 25.0 Å². The van der Waals surface area contributed by atoms with Gasteiger partial charge in [0.2, 0.25) is 0 Å². The van der Waals surface area contributed by atoms with E-state index in [1.807, 2.05) is 24.0 Å². The van der Waals surface area contributed by atoms with Gasteiger partial charge in [-0.15, -0.1) is 0 Å². The first-order chi connectivity index (χ1) is 11.2. The van der Waals surface area contributed by atoms with Gasteiger partial charge in [-0.05, 0) is 57.3 Å². The van der Waals surface area contributed by atoms with Crippen molar-refractivity contribution in [3.63, 3.8) is 0 Å². The molecule has 1 N–H and O–H groups in total. The van der Waals surface area contributed by atoms with E-state index in [1.54, 1.807) is 7.11 Å². The van der Waals surface area contributed by atoms with E-state index in [0.29, 0.717) is 17.5 Å². The predicted octanol–water partition coefficient (Wildman–Crippen LogP) is 2.35. The number of likely N-dealkylation sites (tertiary alicyclic amines) is 2. The number of carbonyl (C=O) groups excluding carboxylic acids is 1. The van der Waals surface area contributed by atoms with Crippen molar-refractivity contribution in [2.45, 2.75) is 26.2 Å². The number of pyridine rings is 1. The molecule has 1 aromatic rings. The molecule has 6 nitrogen and oxygen atoms in total. The Hall–Kier alpha value is -1.82. The Bertz CT molecular complexity index is 558. The molecule has 0 bridgehead atoms. The van der Waals surface area contributed by atoms with Crippen molar-refractivity contribution >= 4 is 11.8 Å². The molecule has 2 saturated heterocycles. The summed E-state index contributed by atoms with van der Waals surface area (Å²) in [5.41, 5.74) is 0.856. The summed E-state index contributed by atoms with van der Waals surface area (Å²) < 4.78 is 5.27. The lowest BCUT2D eigenvalue weighted by atomic mass is 10.1. The van der Waals surface area contributed by atoms with Gasteiger partial charge in [0.1, 0.15) is 0 Å². The van der Waals surface area contributed by atoms with Crippen LogP contribution in [0.25, 0.3) is 0 Å². The number of methoxy groups -OCH3 is 1. The van der Waals surface area contributed by atoms with Crippen molar-refractivity contribution in [2.75, 3.05) is 45.2 Å². The van der Waals surface area contributed by atoms with Gasteiger partial charge in [0.15, 0.2) is 11.6 Å². The lowest BCUT2D eigenvalue weighted by Crippen LogP contribution is -2.35. The van der Waals surface area contributed by atoms with Crippen LogP contribution in [0.3, 0.4) is 0 Å². The van der Waals surface area contributed by atoms with Gasteiger partial charge in [-0.25, -0.2) is 9.78 Å². The monoisotopic (exact) mass is 318 g/mol. The maximum absolute atomic E-state index is 12.5. The van der Waals surface area contributed by atoms with Crippen molar-refractivity contribution in [3.05, 3.63) is 17.8 Å². The highest BCUT2D eigenvalue weighted by Crippen LogP contribution is 2.24. The molecule has 2 aliphatic rings. The topological polar surface area (TPSA) is 57.7 Å². The van der Waals surface area contributed by atoms with Crippen LogP contribution in [0.2, 0.25) is 0 Å². The number of carbonyl (C=O) groups is 1. The zero-order valence-electron chi connectivity index (χ0n) is 14.0. The van der Waals surface area contributed by atoms with Crippen molar-refractivity contribution in [2.24, 2.45) is 5.92 Å². The number of rotatable bonds is 4. The fourth-order valence-corrected chi connectivity index (χ4v) is 3.48. The second kappa shape index (κ2) is 7.17. The Labute approximate surface area is 137 Å². The minimum Gasteiger partial charge on any atom is -0.493 e. The summed E-state index contributed by atoms with van der Waals surface area (Å²) in [5, 5.41) is 2.90. The van der Waals surface area contributed by atoms with Gasteiger partial charge in [0.05, 0.1) is 7.11 Å². The average molecular weight is 318 g/mol. The highest BCUT2D eigenvalue weighted by atomic mass is 16.5. The van der Waals surface area contributed by atoms with Crippen LogP contribution in [0.15, 0.2) is 12.1 Å². The van der Waals surface area contributed by atoms with Crippen molar-refractivity contribution in [3.8, 4) is 5.75 Å². The van der Waals surface area contributed by atoms with Gasteiger partial charge >= 0.3 is 6.03 Å². The van der Waals surface area contributed by atoms with E-state index in [-0.39, 0.29) is 6.03 Å². The molecule has 2 amide bonds. The molecule has 1 unspecified atom stereocenters. The SMILES string of the molecule is COc1ccc(C)nc1NC(=O)N1CCC(CN2CCCC2)C1. The molecular weight excluding hydrogens is 292 g/mol. The maximum Gasteiger partial charge on any atom is 0.323 e. The number of hydrogen-bond donors (Lipinski definition) is 1. The Balaban J connectivity index is 1.55. The Morgan fingerprint density at radius 3 is 2.87 bits per heavy atom. The van der Waals surface area contributed by atoms with Gasteiger partial charge in [-0.3, -0.25) is 5.32 Å². The molecule has 23 heavy (non-hydrogen) atoms. The number of nitrogens with one attached hydrogen (secondary N) is 1. The third-order valence-corrected chi connectivity index (χ3v) is 4.73. The zero-order valence-corrected chi connectivity index (χ0v) is 14.0. The first kappa shape index (κ1) is 16.1. The van der Waals surface area contributed by atoms with Crippen molar-refractivity contribution < 1.29 is 9.53 Å². The first-order valence-electron chi connectivity index (χ1n) is 8.45. The molecule has 0 aromatic carbocycles. The van der Waals surface area contributed by atoms with Gasteiger partial charge in [-0.2, -0.15) is 0 Å². The number of hydrogen-bond acceptors (Lipinski definition) is 4. The third kappa shape index (κ3) is 3.93. The molecule has 2 aliphatic heterocycles. The fourth-order valence-electron chi connectivity index (χ4n) is 3.48. The van der Waals surface area contributed by atoms with Crippen LogP contribution in [0, 0.1) is 12.8 Å². The summed E-state index contributed by atoms with van der Waals surface area (Å²) in [6.07, 6.45) is 3.72. The molecule has 6 heteroatoms. The number of nitrogens with zero attached hydrogens (tertiary/aromatic N) is 3. The van der Waals surface area contributed by atoms with E-state index in [9.17, 15) is 4.79 Å². The number of ether oxygens (including phenoxy) is 1. The number of aryl methyl sites for hydroxylation is 1. The van der Waals surface area contributed by atoms with Gasteiger partial charge in [0, 0.05) is 25.3 Å². The van der Waals surface area contributed by atoms with Crippen LogP contribution in [0.5, 0.6) is 5.75 Å². The highest BCUT2D eigenvalue weighted by Gasteiger charge is 2.28. The molecule has 126 valence electrons. The molecule has 1 aromatic heterocycles. The zero-order chi connectivity index (χ0) is 16.2. The number of amides is 2. The van der Waals surface area contributed by atoms with Gasteiger partial charge in [-0.1, -0.05) is 0 Å². The third-order valence-electron chi connectivity index (χ3n) is 4.73. The van der Waals surface area contributed by atoms with Crippen LogP contribution in [0.4, 0.5) is 10.6 Å². The lowest BCUT2D eigenvalue weighted by Gasteiger charge is -2.21. The van der Waals surface area contributed by atoms with E-state index in [4.69, 9.17) is 4.74 Å². The van der Waals surface area contributed by atoms with Crippen LogP contribution in [-0.2, 0) is 0 Å². The van der Waals surface area contributed by atoms with Crippen molar-refractivity contribution in [1.82, 2.24) is 14.8 Å². The molecule has 3 rings (SSSR count). The molecule has 1 atom stereocenters. The minimum absolute atomic E-state index is 0.0784. The van der Waals surface area contributed by atoms with E-state index >= 15 is 0 Å². The normalized spacial score (nSPS) is 21.7. The summed E-state index contributed by atoms with van der Waals surface area (Å²) in [6.45, 7) is 7.10. The van der Waals surface area contributed by atoms with Crippen LogP contribution < -0.4 is 10.1 Å². The van der Waals surface area contributed by atoms with Gasteiger partial charge < -0.3 is 14.5 Å². The van der Waals surface area contributed by atoms with Gasteiger partial charge in [0.25, 0.3) is 0 Å². The second-order valence-corrected chi connectivity index (χ2v) is 6.54. The largest absolute Gasteiger partial charge is 0.493 e. The Kier molecular flexibility index (Phi) is 5.00. The Morgan fingerprint density at radius 1 is 1.35 bits per heavy atom. The summed E-state index contributed by atoms with van der Waals surface area (Å²) in [6, 6.07) is 3.62. The van der Waals surface area contributed by atoms with E-state index < -0.39 is 0 Å². The smallest absolute Gasteiger partial charge is 0.323 e. The molecule has 0 spiro atoms. The number of urea groups is 1. The van der Waals surface area contributed by atoms with Crippen LogP contribution >= 0.6 is 0 Å². The summed E-state index contributed by atoms with van der Waals surface area (Å²) in [5.74, 6) is 1.68. The molecule has 0 aliphatic carbocycles. The molecule has 3 heterocycles. The molecule has 0 radical (unpaired) electrons. The minimum atomic E-state index is -0.0784. The molecule has 0 saturated carbocycles. The highest BCUT2D eigenvalue weighted by molar-refractivity contribution is 5.90. The summed E-state index contributed by atoms with van der Waals surface area (Å²) in [4.78, 5) is 21.3. The second-order valence-electron chi connectivity index (χ2n) is 6.54. The van der Waals surface area contributed by atoms with E-state index in [1.165, 1.54) is 25.9 Å². The van der Waals surface area contributed by atoms with E-state index in [2.05, 4.69) is 15.2 Å². The first-order valence-corrected chi connectivity index (χ1v) is 8.45. The number of anilines is 1. The van der Waals surface area contributed by atoms with Crippen molar-refractivity contribution in [1.29, 1.82) is 0 Å². The maximum atomic E-state index is 12.5. The average Bonchev–Trinajstić information content (AvgIpc) is 3.20. The molecular formula is C17H26N4O2. The quantitative estimate of drug-likeness (QED) is 0.926. The molecule has 2 fully saturated rings. The van der Waals surface area contributed by atoms with E-state index in [0.717, 1.165) is 31.7 Å². The lowest BCUT2D eigenvalue weighted by molar-refractivity contribution is 0.217. The van der Waals surface area contributed by atoms with Crippen LogP contribution in [-0.4, -0.2) is 60.6 Å². The summed E-state index contributed by atoms with van der Waals surface area (Å²) in [7, 11) is 1.59. The summed E-state index contributed by atoms with van der Waals surface area (Å²) >= 11 is 0.